The number of rotatable bonds is 5. The zero-order valence-electron chi connectivity index (χ0n) is 16.2. The molecular weight excluding hydrogens is 340 g/mol. The Morgan fingerprint density at radius 2 is 2.04 bits per heavy atom. The molecule has 0 spiro atoms. The summed E-state index contributed by atoms with van der Waals surface area (Å²) in [4.78, 5) is 14.9. The fourth-order valence-corrected chi connectivity index (χ4v) is 4.33. The van der Waals surface area contributed by atoms with Gasteiger partial charge in [-0.25, -0.2) is 0 Å². The Bertz CT molecular complexity index is 799. The fraction of sp³-hybridized carbons (Fsp3) is 0.571. The topological polar surface area (TPSA) is 60.2 Å². The number of amides is 1. The number of likely N-dealkylation sites (tertiary alicyclic amines) is 1. The maximum Gasteiger partial charge on any atom is 0.223 e. The summed E-state index contributed by atoms with van der Waals surface area (Å²) in [5, 5.41) is 8.79. The van der Waals surface area contributed by atoms with Gasteiger partial charge in [0.2, 0.25) is 5.91 Å². The molecule has 2 unspecified atom stereocenters. The van der Waals surface area contributed by atoms with Crippen LogP contribution in [0, 0.1) is 0 Å². The third-order valence-corrected chi connectivity index (χ3v) is 5.94. The molecule has 1 saturated heterocycles. The van der Waals surface area contributed by atoms with E-state index in [1.165, 1.54) is 5.56 Å². The predicted octanol–water partition coefficient (Wildman–Crippen LogP) is 3.13. The molecule has 27 heavy (non-hydrogen) atoms. The molecule has 2 aliphatic heterocycles. The molecule has 0 aliphatic carbocycles. The van der Waals surface area contributed by atoms with E-state index in [1.54, 1.807) is 7.11 Å². The van der Waals surface area contributed by atoms with Gasteiger partial charge >= 0.3 is 0 Å². The number of ether oxygens (including phenoxy) is 1. The highest BCUT2D eigenvalue weighted by Gasteiger charge is 2.30. The summed E-state index contributed by atoms with van der Waals surface area (Å²) in [7, 11) is 1.67. The highest BCUT2D eigenvalue weighted by molar-refractivity contribution is 5.77. The third kappa shape index (κ3) is 3.70. The van der Waals surface area contributed by atoms with Gasteiger partial charge in [0.15, 0.2) is 0 Å². The molecule has 0 N–H and O–H groups in total. The van der Waals surface area contributed by atoms with E-state index < -0.39 is 0 Å². The van der Waals surface area contributed by atoms with E-state index in [2.05, 4.69) is 33.8 Å². The van der Waals surface area contributed by atoms with Crippen LogP contribution in [0.2, 0.25) is 0 Å². The van der Waals surface area contributed by atoms with Crippen molar-refractivity contribution in [3.63, 3.8) is 0 Å². The second kappa shape index (κ2) is 7.71. The van der Waals surface area contributed by atoms with E-state index in [9.17, 15) is 4.79 Å². The van der Waals surface area contributed by atoms with Crippen LogP contribution >= 0.6 is 0 Å². The molecule has 3 heterocycles. The minimum atomic E-state index is 0.195. The number of methoxy groups -OCH3 is 1. The summed E-state index contributed by atoms with van der Waals surface area (Å²) in [6.45, 7) is 4.76. The van der Waals surface area contributed by atoms with E-state index in [0.717, 1.165) is 62.7 Å². The Kier molecular flexibility index (Phi) is 5.14. The van der Waals surface area contributed by atoms with Crippen LogP contribution < -0.4 is 4.74 Å². The van der Waals surface area contributed by atoms with E-state index in [1.807, 2.05) is 17.0 Å². The van der Waals surface area contributed by atoms with Gasteiger partial charge in [0.25, 0.3) is 0 Å². The molecule has 1 fully saturated rings. The van der Waals surface area contributed by atoms with E-state index in [0.29, 0.717) is 12.3 Å². The number of aromatic nitrogens is 3. The first-order valence-corrected chi connectivity index (χ1v) is 9.99. The number of aryl methyl sites for hydroxylation is 1. The maximum absolute atomic E-state index is 12.9. The first-order chi connectivity index (χ1) is 13.2. The first-order valence-electron chi connectivity index (χ1n) is 9.99. The summed E-state index contributed by atoms with van der Waals surface area (Å²) in [5.74, 6) is 3.80. The number of benzene rings is 1. The Morgan fingerprint density at radius 1 is 1.22 bits per heavy atom. The van der Waals surface area contributed by atoms with Crippen LogP contribution in [0.25, 0.3) is 0 Å². The monoisotopic (exact) mass is 368 g/mol. The number of hydrogen-bond acceptors (Lipinski definition) is 4. The second-order valence-electron chi connectivity index (χ2n) is 7.79. The average Bonchev–Trinajstić information content (AvgIpc) is 3.32. The maximum atomic E-state index is 12.9. The molecule has 2 aromatic rings. The third-order valence-electron chi connectivity index (χ3n) is 5.94. The lowest BCUT2D eigenvalue weighted by Gasteiger charge is -2.33. The minimum absolute atomic E-state index is 0.195. The highest BCUT2D eigenvalue weighted by atomic mass is 16.5. The number of fused-ring (bicyclic) bond motifs is 1. The molecular formula is C21H28N4O2. The van der Waals surface area contributed by atoms with Crippen molar-refractivity contribution in [2.24, 2.45) is 0 Å². The van der Waals surface area contributed by atoms with Crippen LogP contribution in [-0.2, 0) is 17.8 Å². The minimum Gasteiger partial charge on any atom is -0.497 e. The van der Waals surface area contributed by atoms with Crippen LogP contribution in [0.15, 0.2) is 24.3 Å². The van der Waals surface area contributed by atoms with Crippen molar-refractivity contribution in [3.8, 4) is 5.75 Å². The van der Waals surface area contributed by atoms with Gasteiger partial charge < -0.3 is 14.2 Å². The van der Waals surface area contributed by atoms with Crippen molar-refractivity contribution in [1.29, 1.82) is 0 Å². The Morgan fingerprint density at radius 3 is 2.81 bits per heavy atom. The van der Waals surface area contributed by atoms with E-state index in [4.69, 9.17) is 4.74 Å². The smallest absolute Gasteiger partial charge is 0.223 e. The van der Waals surface area contributed by atoms with E-state index >= 15 is 0 Å². The molecule has 1 amide bonds. The largest absolute Gasteiger partial charge is 0.497 e. The van der Waals surface area contributed by atoms with Crippen molar-refractivity contribution in [2.45, 2.75) is 57.4 Å². The molecule has 0 radical (unpaired) electrons. The molecule has 6 nitrogen and oxygen atoms in total. The zero-order valence-corrected chi connectivity index (χ0v) is 16.2. The molecule has 2 atom stereocenters. The van der Waals surface area contributed by atoms with Gasteiger partial charge in [0.05, 0.1) is 7.11 Å². The number of carbonyl (C=O) groups excluding carboxylic acids is 1. The second-order valence-corrected chi connectivity index (χ2v) is 7.79. The van der Waals surface area contributed by atoms with Crippen molar-refractivity contribution in [1.82, 2.24) is 19.7 Å². The van der Waals surface area contributed by atoms with Crippen LogP contribution in [-0.4, -0.2) is 45.8 Å². The molecule has 0 bridgehead atoms. The summed E-state index contributed by atoms with van der Waals surface area (Å²) in [6.07, 6.45) is 4.86. The van der Waals surface area contributed by atoms with Gasteiger partial charge in [-0.1, -0.05) is 19.1 Å². The number of carbonyl (C=O) groups is 1. The van der Waals surface area contributed by atoms with Gasteiger partial charge in [0.1, 0.15) is 17.4 Å². The molecule has 4 rings (SSSR count). The summed E-state index contributed by atoms with van der Waals surface area (Å²) in [5.41, 5.74) is 1.17. The van der Waals surface area contributed by atoms with Crippen molar-refractivity contribution >= 4 is 5.91 Å². The first kappa shape index (κ1) is 18.0. The lowest BCUT2D eigenvalue weighted by Crippen LogP contribution is -2.40. The van der Waals surface area contributed by atoms with Crippen molar-refractivity contribution < 1.29 is 9.53 Å². The number of hydrogen-bond donors (Lipinski definition) is 0. The van der Waals surface area contributed by atoms with E-state index in [-0.39, 0.29) is 11.8 Å². The van der Waals surface area contributed by atoms with Crippen molar-refractivity contribution in [2.75, 3.05) is 20.2 Å². The lowest BCUT2D eigenvalue weighted by molar-refractivity contribution is -0.132. The Balaban J connectivity index is 1.39. The molecule has 2 aliphatic rings. The van der Waals surface area contributed by atoms with Crippen LogP contribution in [0.5, 0.6) is 5.75 Å². The summed E-state index contributed by atoms with van der Waals surface area (Å²) < 4.78 is 7.49. The van der Waals surface area contributed by atoms with Gasteiger partial charge in [-0.15, -0.1) is 10.2 Å². The molecule has 0 saturated carbocycles. The van der Waals surface area contributed by atoms with Crippen LogP contribution in [0.1, 0.15) is 61.7 Å². The quantitative estimate of drug-likeness (QED) is 0.813. The molecule has 1 aromatic carbocycles. The fourth-order valence-electron chi connectivity index (χ4n) is 4.33. The Hall–Kier alpha value is -2.37. The number of piperidine rings is 1. The SMILES string of the molecule is COc1ccc(C(C)CC(=O)N2CCCC(c3nnc4n3CCC4)C2)cc1. The van der Waals surface area contributed by atoms with Gasteiger partial charge in [-0.3, -0.25) is 4.79 Å². The Labute approximate surface area is 160 Å². The molecule has 1 aromatic heterocycles. The standard InChI is InChI=1S/C21H28N4O2/c1-15(16-7-9-18(27-2)10-8-16)13-20(26)24-11-3-5-17(14-24)21-23-22-19-6-4-12-25(19)21/h7-10,15,17H,3-6,11-14H2,1-2H3. The highest BCUT2D eigenvalue weighted by Crippen LogP contribution is 2.30. The summed E-state index contributed by atoms with van der Waals surface area (Å²) in [6, 6.07) is 8.02. The van der Waals surface area contributed by atoms with Gasteiger partial charge in [-0.05, 0) is 42.9 Å². The normalized spacial score (nSPS) is 20.4. The van der Waals surface area contributed by atoms with Crippen LogP contribution in [0.4, 0.5) is 0 Å². The van der Waals surface area contributed by atoms with Gasteiger partial charge in [0, 0.05) is 38.4 Å². The van der Waals surface area contributed by atoms with Crippen molar-refractivity contribution in [3.05, 3.63) is 41.5 Å². The summed E-state index contributed by atoms with van der Waals surface area (Å²) >= 11 is 0. The predicted molar refractivity (Wildman–Crippen MR) is 103 cm³/mol. The molecule has 6 heteroatoms. The number of nitrogens with zero attached hydrogens (tertiary/aromatic N) is 4. The lowest BCUT2D eigenvalue weighted by atomic mass is 9.94. The van der Waals surface area contributed by atoms with Gasteiger partial charge in [-0.2, -0.15) is 0 Å². The van der Waals surface area contributed by atoms with Crippen LogP contribution in [0.3, 0.4) is 0 Å². The average molecular weight is 368 g/mol. The molecule has 144 valence electrons. The zero-order chi connectivity index (χ0) is 18.8.